The summed E-state index contributed by atoms with van der Waals surface area (Å²) in [5.74, 6) is 2.84. The first kappa shape index (κ1) is 68.4. The molecule has 506 valence electrons. The van der Waals surface area contributed by atoms with Gasteiger partial charge in [-0.2, -0.15) is 27.2 Å². The number of phenolic OH excluding ortho intramolecular Hbond substituents is 5. The van der Waals surface area contributed by atoms with Crippen molar-refractivity contribution in [3.05, 3.63) is 295 Å². The second kappa shape index (κ2) is 32.2. The van der Waals surface area contributed by atoms with Gasteiger partial charge in [0.1, 0.15) is 70.5 Å². The highest BCUT2D eigenvalue weighted by Gasteiger charge is 2.30. The maximum atomic E-state index is 13.4. The van der Waals surface area contributed by atoms with Crippen LogP contribution in [0, 0.1) is 19.7 Å². The lowest BCUT2D eigenvalue weighted by molar-refractivity contribution is -0.137. The van der Waals surface area contributed by atoms with E-state index in [1.807, 2.05) is 92.7 Å². The maximum Gasteiger partial charge on any atom is 0.416 e. The van der Waals surface area contributed by atoms with E-state index in [1.165, 1.54) is 44.8 Å². The largest absolute Gasteiger partial charge is 0.508 e. The van der Waals surface area contributed by atoms with Gasteiger partial charge in [-0.05, 0) is 179 Å². The van der Waals surface area contributed by atoms with Crippen molar-refractivity contribution in [3.8, 4) is 103 Å². The van der Waals surface area contributed by atoms with Gasteiger partial charge in [0.05, 0.1) is 35.0 Å². The molecule has 0 aliphatic carbocycles. The van der Waals surface area contributed by atoms with Crippen LogP contribution in [0.25, 0.3) is 62.6 Å². The summed E-state index contributed by atoms with van der Waals surface area (Å²) < 4.78 is 69.4. The first-order chi connectivity index (χ1) is 49.0. The van der Waals surface area contributed by atoms with E-state index in [9.17, 15) is 43.1 Å². The fourth-order valence-electron chi connectivity index (χ4n) is 9.29. The molecular weight excluding hydrogens is 1300 g/mol. The summed E-state index contributed by atoms with van der Waals surface area (Å²) in [6, 6.07) is 69.9. The van der Waals surface area contributed by atoms with E-state index < -0.39 is 17.6 Å². The number of aromatic hydroxyl groups is 5. The monoisotopic (exact) mass is 1360 g/mol. The van der Waals surface area contributed by atoms with E-state index in [0.29, 0.717) is 46.0 Å². The van der Waals surface area contributed by atoms with Crippen molar-refractivity contribution < 1.29 is 52.6 Å². The molecule has 15 rings (SSSR count). The molecule has 0 spiro atoms. The van der Waals surface area contributed by atoms with E-state index in [1.54, 1.807) is 160 Å². The minimum atomic E-state index is -4.38. The molecule has 0 unspecified atom stereocenters. The lowest BCUT2D eigenvalue weighted by Crippen LogP contribution is -2.04. The molecule has 10 aromatic carbocycles. The molecule has 5 N–H and O–H groups in total. The second-order valence-electron chi connectivity index (χ2n) is 21.7. The Morgan fingerprint density at radius 3 is 1.13 bits per heavy atom. The van der Waals surface area contributed by atoms with Crippen molar-refractivity contribution in [3.63, 3.8) is 0 Å². The zero-order valence-electron chi connectivity index (χ0n) is 53.4. The normalized spacial score (nSPS) is 10.8. The standard InChI is InChI=1S/C16H12F3N3O2.C15H12FN3O2.2C14H12N4O.C13H10N4O/c17-16(18,19)11-5-7-13(8-6-11)24-10-12-9-22(21-20-12)14-3-1-2-4-15(14)23;16-12-5-1-4-8-15(12)21-10-11-9-19(18-17-11)13-6-2-3-7-14(13)20;2*1-10-2-4-11(5-3-10)14-15-16-17-18(14)12-6-8-13(19)9-7-12;18-12-8-6-11(7-9-12)17-13(14-15-16-17)10-4-2-1-3-5-10/h1-9,23H,10H2;1-9,20H,10H2;2*2-9,19H,1H3;1-9,18H. The fourth-order valence-corrected chi connectivity index (χ4v) is 9.29. The van der Waals surface area contributed by atoms with Crippen LogP contribution >= 0.6 is 0 Å². The molecule has 15 aromatic rings. The number of rotatable bonds is 14. The Bertz CT molecular complexity index is 4850. The fraction of sp³-hybridized carbons (Fsp3) is 0.0694. The number of halogens is 4. The van der Waals surface area contributed by atoms with Crippen molar-refractivity contribution in [1.82, 2.24) is 90.6 Å². The van der Waals surface area contributed by atoms with Crippen LogP contribution in [0.15, 0.2) is 261 Å². The number of aryl methyl sites for hydroxylation is 2. The number of alkyl halides is 3. The Balaban J connectivity index is 0.000000127. The van der Waals surface area contributed by atoms with Crippen LogP contribution in [-0.2, 0) is 19.4 Å². The lowest BCUT2D eigenvalue weighted by Gasteiger charge is -2.08. The van der Waals surface area contributed by atoms with Crippen LogP contribution in [0.2, 0.25) is 0 Å². The second-order valence-corrected chi connectivity index (χ2v) is 21.7. The van der Waals surface area contributed by atoms with Crippen molar-refractivity contribution >= 4 is 0 Å². The molecule has 0 radical (unpaired) electrons. The van der Waals surface area contributed by atoms with Gasteiger partial charge in [-0.1, -0.05) is 137 Å². The van der Waals surface area contributed by atoms with Crippen LogP contribution in [0.5, 0.6) is 40.2 Å². The van der Waals surface area contributed by atoms with E-state index in [0.717, 1.165) is 45.9 Å². The van der Waals surface area contributed by atoms with Crippen molar-refractivity contribution in [2.45, 2.75) is 33.2 Å². The van der Waals surface area contributed by atoms with Crippen LogP contribution in [0.4, 0.5) is 17.6 Å². The Morgan fingerprint density at radius 1 is 0.366 bits per heavy atom. The zero-order chi connectivity index (χ0) is 70.7. The third-order valence-electron chi connectivity index (χ3n) is 14.5. The molecular formula is C72H58F4N18O7. The molecule has 25 nitrogen and oxygen atoms in total. The Kier molecular flexibility index (Phi) is 21.8. The van der Waals surface area contributed by atoms with Gasteiger partial charge >= 0.3 is 6.18 Å². The van der Waals surface area contributed by atoms with Crippen LogP contribution < -0.4 is 9.47 Å². The molecule has 0 saturated heterocycles. The van der Waals surface area contributed by atoms with Crippen LogP contribution in [0.1, 0.15) is 28.1 Å². The van der Waals surface area contributed by atoms with Gasteiger partial charge < -0.3 is 35.0 Å². The van der Waals surface area contributed by atoms with Crippen molar-refractivity contribution in [2.75, 3.05) is 0 Å². The number of para-hydroxylation sites is 5. The van der Waals surface area contributed by atoms with E-state index >= 15 is 0 Å². The molecule has 0 atom stereocenters. The van der Waals surface area contributed by atoms with E-state index in [-0.39, 0.29) is 47.7 Å². The number of hydrogen-bond donors (Lipinski definition) is 5. The SMILES string of the molecule is Cc1ccc(-c2nnnn2-c2ccc(O)cc2)cc1.Cc1ccc(-c2nnnn2-c2ccc(O)cc2)cc1.Oc1ccc(-n2nnnc2-c2ccccc2)cc1.Oc1ccccc1-n1cc(COc2ccc(C(F)(F)F)cc2)nn1.Oc1ccccc1-n1cc(COc2ccccc2F)nn1. The quantitative estimate of drug-likeness (QED) is 0.0632. The average molecular weight is 1360 g/mol. The summed E-state index contributed by atoms with van der Waals surface area (Å²) in [5.41, 5.74) is 8.86. The molecule has 0 aliphatic rings. The highest BCUT2D eigenvalue weighted by Crippen LogP contribution is 2.31. The minimum Gasteiger partial charge on any atom is -0.508 e. The number of nitrogens with zero attached hydrogens (tertiary/aromatic N) is 18. The third kappa shape index (κ3) is 18.1. The van der Waals surface area contributed by atoms with Crippen LogP contribution in [-0.4, -0.2) is 116 Å². The summed E-state index contributed by atoms with van der Waals surface area (Å²) >= 11 is 0. The Labute approximate surface area is 571 Å². The van der Waals surface area contributed by atoms with E-state index in [4.69, 9.17) is 9.47 Å². The molecule has 0 aliphatic heterocycles. The van der Waals surface area contributed by atoms with Gasteiger partial charge in [0.15, 0.2) is 29.0 Å². The number of hydrogen-bond acceptors (Lipinski definition) is 20. The summed E-state index contributed by atoms with van der Waals surface area (Å²) in [5, 5.41) is 98.3. The highest BCUT2D eigenvalue weighted by atomic mass is 19.4. The van der Waals surface area contributed by atoms with Crippen molar-refractivity contribution in [1.29, 1.82) is 0 Å². The molecule has 101 heavy (non-hydrogen) atoms. The number of tetrazole rings is 3. The smallest absolute Gasteiger partial charge is 0.416 e. The third-order valence-corrected chi connectivity index (χ3v) is 14.5. The van der Waals surface area contributed by atoms with Gasteiger partial charge in [-0.25, -0.2) is 13.8 Å². The van der Waals surface area contributed by atoms with Gasteiger partial charge in [0.25, 0.3) is 0 Å². The topological polar surface area (TPSA) is 312 Å². The van der Waals surface area contributed by atoms with Gasteiger partial charge in [0.2, 0.25) is 0 Å². The molecule has 0 bridgehead atoms. The minimum absolute atomic E-state index is 0.0406. The summed E-state index contributed by atoms with van der Waals surface area (Å²) in [6.07, 6.45) is -1.19. The van der Waals surface area contributed by atoms with E-state index in [2.05, 4.69) is 67.2 Å². The molecule has 0 fully saturated rings. The summed E-state index contributed by atoms with van der Waals surface area (Å²) in [6.45, 7) is 4.20. The summed E-state index contributed by atoms with van der Waals surface area (Å²) in [7, 11) is 0. The molecule has 0 saturated carbocycles. The Morgan fingerprint density at radius 2 is 0.733 bits per heavy atom. The Hall–Kier alpha value is -14.0. The molecule has 5 aromatic heterocycles. The van der Waals surface area contributed by atoms with Crippen molar-refractivity contribution in [2.24, 2.45) is 0 Å². The first-order valence-electron chi connectivity index (χ1n) is 30.5. The molecule has 0 amide bonds. The number of benzene rings is 10. The van der Waals surface area contributed by atoms with Gasteiger partial charge in [0, 0.05) is 16.7 Å². The number of phenols is 5. The number of aromatic nitrogens is 18. The van der Waals surface area contributed by atoms with Gasteiger partial charge in [-0.3, -0.25) is 0 Å². The lowest BCUT2D eigenvalue weighted by atomic mass is 10.1. The highest BCUT2D eigenvalue weighted by molar-refractivity contribution is 5.60. The molecule has 5 heterocycles. The van der Waals surface area contributed by atoms with Crippen LogP contribution in [0.3, 0.4) is 0 Å². The summed E-state index contributed by atoms with van der Waals surface area (Å²) in [4.78, 5) is 0. The predicted octanol–water partition coefficient (Wildman–Crippen LogP) is 13.0. The molecule has 29 heteroatoms. The predicted molar refractivity (Wildman–Crippen MR) is 361 cm³/mol. The average Bonchev–Trinajstić information content (AvgIpc) is 1.74. The maximum absolute atomic E-state index is 13.4. The van der Waals surface area contributed by atoms with Gasteiger partial charge in [-0.15, -0.1) is 25.5 Å². The first-order valence-corrected chi connectivity index (χ1v) is 30.5. The number of ether oxygens (including phenoxy) is 2. The zero-order valence-corrected chi connectivity index (χ0v) is 53.4.